The molecule has 4 rings (SSSR count). The van der Waals surface area contributed by atoms with Gasteiger partial charge < -0.3 is 9.90 Å². The van der Waals surface area contributed by atoms with E-state index in [1.54, 1.807) is 45.0 Å². The maximum atomic E-state index is 13.5. The highest BCUT2D eigenvalue weighted by molar-refractivity contribution is 7.89. The normalized spacial score (nSPS) is 12.1. The summed E-state index contributed by atoms with van der Waals surface area (Å²) in [5.74, 6) is -4.29. The molecule has 2 aromatic heterocycles. The Hall–Kier alpha value is -5.37. The lowest BCUT2D eigenvalue weighted by atomic mass is 10.1. The molecule has 0 aliphatic carbocycles. The number of rotatable bonds is 7. The number of alkyl halides is 6. The average molecular weight is 701 g/mol. The number of hydrogen-bond donors (Lipinski definition) is 4. The van der Waals surface area contributed by atoms with Gasteiger partial charge in [0.05, 0.1) is 16.1 Å². The van der Waals surface area contributed by atoms with Gasteiger partial charge in [0.25, 0.3) is 11.7 Å². The molecule has 6 N–H and O–H groups in total. The number of carboxylic acids is 1. The molecule has 0 unspecified atom stereocenters. The SMILES string of the molecule is CC(C)(C)NS(=O)(=O)c1ccccc1-c1cnc(NC(=O)c2cc(C(F)(F)F)nn2-c2cccc(C(N)=[NH2+])c2)nc1.O=C([O-])C(F)(F)F. The van der Waals surface area contributed by atoms with Crippen LogP contribution in [-0.4, -0.2) is 57.6 Å². The number of anilines is 1. The van der Waals surface area contributed by atoms with Crippen molar-refractivity contribution in [3.8, 4) is 16.8 Å². The van der Waals surface area contributed by atoms with Crippen LogP contribution in [0.25, 0.3) is 16.8 Å². The molecule has 0 saturated carbocycles. The molecule has 0 aliphatic rings. The number of halogens is 6. The van der Waals surface area contributed by atoms with Gasteiger partial charge in [-0.15, -0.1) is 0 Å². The van der Waals surface area contributed by atoms with E-state index >= 15 is 0 Å². The van der Waals surface area contributed by atoms with E-state index in [2.05, 4.69) is 25.1 Å². The van der Waals surface area contributed by atoms with Gasteiger partial charge >= 0.3 is 12.4 Å². The summed E-state index contributed by atoms with van der Waals surface area (Å²) in [4.78, 5) is 30.0. The van der Waals surface area contributed by atoms with E-state index in [1.807, 2.05) is 0 Å². The number of amidine groups is 1. The van der Waals surface area contributed by atoms with E-state index in [-0.39, 0.29) is 22.4 Å². The smallest absolute Gasteiger partial charge is 0.435 e. The topological polar surface area (TPSA) is 211 Å². The predicted molar refractivity (Wildman–Crippen MR) is 155 cm³/mol. The summed E-state index contributed by atoms with van der Waals surface area (Å²) < 4.78 is 101. The highest BCUT2D eigenvalue weighted by Gasteiger charge is 2.36. The Kier molecular flexibility index (Phi) is 10.6. The molecule has 0 saturated heterocycles. The van der Waals surface area contributed by atoms with E-state index < -0.39 is 51.2 Å². The molecule has 256 valence electrons. The molecule has 4 aromatic rings. The van der Waals surface area contributed by atoms with E-state index in [4.69, 9.17) is 21.0 Å². The van der Waals surface area contributed by atoms with E-state index in [0.717, 1.165) is 4.68 Å². The fraction of sp³-hybridized carbons (Fsp3) is 0.214. The quantitative estimate of drug-likeness (QED) is 0.125. The minimum atomic E-state index is -5.19. The Morgan fingerprint density at radius 2 is 1.52 bits per heavy atom. The van der Waals surface area contributed by atoms with Gasteiger partial charge in [-0.25, -0.2) is 27.8 Å². The van der Waals surface area contributed by atoms with Gasteiger partial charge in [0.2, 0.25) is 16.0 Å². The number of aliphatic carboxylic acids is 1. The van der Waals surface area contributed by atoms with Crippen molar-refractivity contribution in [3.63, 3.8) is 0 Å². The first-order chi connectivity index (χ1) is 22.0. The van der Waals surface area contributed by atoms with Crippen LogP contribution >= 0.6 is 0 Å². The Bertz CT molecular complexity index is 1940. The lowest BCUT2D eigenvalue weighted by molar-refractivity contribution is -0.344. The van der Waals surface area contributed by atoms with Crippen molar-refractivity contribution in [2.45, 2.75) is 43.6 Å². The van der Waals surface area contributed by atoms with Gasteiger partial charge in [-0.3, -0.25) is 21.3 Å². The highest BCUT2D eigenvalue weighted by Crippen LogP contribution is 2.30. The summed E-state index contributed by atoms with van der Waals surface area (Å²) >= 11 is 0. The minimum absolute atomic E-state index is 0.00326. The molecule has 2 heterocycles. The number of carbonyl (C=O) groups is 2. The van der Waals surface area contributed by atoms with Crippen LogP contribution in [0.1, 0.15) is 42.5 Å². The third kappa shape index (κ3) is 9.58. The third-order valence-electron chi connectivity index (χ3n) is 5.69. The number of carbonyl (C=O) groups excluding carboxylic acids is 2. The highest BCUT2D eigenvalue weighted by atomic mass is 32.2. The Labute approximate surface area is 268 Å². The lowest BCUT2D eigenvalue weighted by Gasteiger charge is -2.21. The maximum absolute atomic E-state index is 13.5. The molecule has 0 atom stereocenters. The number of aromatic nitrogens is 4. The van der Waals surface area contributed by atoms with Gasteiger partial charge in [-0.05, 0) is 45.0 Å². The second kappa shape index (κ2) is 13.8. The van der Waals surface area contributed by atoms with E-state index in [0.29, 0.717) is 22.8 Å². The molecule has 0 aliphatic heterocycles. The maximum Gasteiger partial charge on any atom is 0.435 e. The van der Waals surface area contributed by atoms with Crippen molar-refractivity contribution < 1.29 is 54.9 Å². The number of nitrogens with one attached hydrogen (secondary N) is 2. The molecule has 0 spiro atoms. The summed E-state index contributed by atoms with van der Waals surface area (Å²) in [5.41, 5.74) is 4.19. The molecule has 20 heteroatoms. The van der Waals surface area contributed by atoms with Crippen molar-refractivity contribution in [2.75, 3.05) is 5.32 Å². The standard InChI is InChI=1S/C26H25F3N8O3S.C2HF3O2/c1-25(2,3)36-41(39,40)20-10-5-4-9-18(20)16-13-32-24(33-14-16)34-23(38)19-12-21(26(27,28)29)35-37(19)17-8-6-7-15(11-17)22(30)31;3-2(4,5)1(6)7/h4-14,36H,1-3H3,(H3,30,31)(H,32,33,34,38);(H,6,7). The molecule has 48 heavy (non-hydrogen) atoms. The zero-order valence-electron chi connectivity index (χ0n) is 25.0. The number of sulfonamides is 1. The number of nitrogens with two attached hydrogens (primary N) is 2. The summed E-state index contributed by atoms with van der Waals surface area (Å²) in [5, 5.41) is 20.3. The Morgan fingerprint density at radius 3 is 2.04 bits per heavy atom. The first-order valence-electron chi connectivity index (χ1n) is 13.2. The molecule has 2 aromatic carbocycles. The van der Waals surface area contributed by atoms with Crippen molar-refractivity contribution >= 4 is 33.7 Å². The van der Waals surface area contributed by atoms with Crippen LogP contribution in [0.15, 0.2) is 71.9 Å². The monoisotopic (exact) mass is 700 g/mol. The number of benzene rings is 2. The van der Waals surface area contributed by atoms with Gasteiger partial charge in [0.15, 0.2) is 5.69 Å². The van der Waals surface area contributed by atoms with Crippen molar-refractivity contribution in [1.29, 1.82) is 0 Å². The third-order valence-corrected chi connectivity index (χ3v) is 7.51. The zero-order valence-corrected chi connectivity index (χ0v) is 25.8. The predicted octanol–water partition coefficient (Wildman–Crippen LogP) is 1.44. The summed E-state index contributed by atoms with van der Waals surface area (Å²) in [6, 6.07) is 12.7. The first kappa shape index (κ1) is 37.1. The summed E-state index contributed by atoms with van der Waals surface area (Å²) in [6.07, 6.45) is -7.45. The molecule has 0 radical (unpaired) electrons. The number of nitrogens with zero attached hydrogens (tertiary/aromatic N) is 4. The van der Waals surface area contributed by atoms with Gasteiger partial charge in [0.1, 0.15) is 11.7 Å². The van der Waals surface area contributed by atoms with Crippen LogP contribution < -0.4 is 26.3 Å². The fourth-order valence-electron chi connectivity index (χ4n) is 3.79. The van der Waals surface area contributed by atoms with Crippen LogP contribution in [0.4, 0.5) is 32.3 Å². The van der Waals surface area contributed by atoms with Gasteiger partial charge in [-0.2, -0.15) is 31.4 Å². The minimum Gasteiger partial charge on any atom is -0.542 e. The Morgan fingerprint density at radius 1 is 0.938 bits per heavy atom. The molecule has 0 bridgehead atoms. The fourth-order valence-corrected chi connectivity index (χ4v) is 5.44. The van der Waals surface area contributed by atoms with Crippen LogP contribution in [0.2, 0.25) is 0 Å². The van der Waals surface area contributed by atoms with Crippen molar-refractivity contribution in [1.82, 2.24) is 24.5 Å². The van der Waals surface area contributed by atoms with Crippen LogP contribution in [-0.2, 0) is 21.0 Å². The second-order valence-electron chi connectivity index (χ2n) is 10.7. The molecule has 0 fully saturated rings. The van der Waals surface area contributed by atoms with E-state index in [9.17, 15) is 39.6 Å². The first-order valence-corrected chi connectivity index (χ1v) is 14.7. The van der Waals surface area contributed by atoms with Crippen molar-refractivity contribution in [3.05, 3.63) is 83.9 Å². The van der Waals surface area contributed by atoms with Crippen LogP contribution in [0.3, 0.4) is 0 Å². The van der Waals surface area contributed by atoms with Gasteiger partial charge in [0, 0.05) is 35.1 Å². The zero-order chi connectivity index (χ0) is 36.2. The number of hydrogen-bond acceptors (Lipinski definition) is 8. The molecule has 1 amide bonds. The van der Waals surface area contributed by atoms with Crippen LogP contribution in [0, 0.1) is 0 Å². The summed E-state index contributed by atoms with van der Waals surface area (Å²) in [7, 11) is -3.91. The largest absolute Gasteiger partial charge is 0.542 e. The molecule has 13 nitrogen and oxygen atoms in total. The average Bonchev–Trinajstić information content (AvgIpc) is 3.43. The van der Waals surface area contributed by atoms with Crippen molar-refractivity contribution in [2.24, 2.45) is 5.73 Å². The van der Waals surface area contributed by atoms with Gasteiger partial charge in [-0.1, -0.05) is 24.3 Å². The summed E-state index contributed by atoms with van der Waals surface area (Å²) in [6.45, 7) is 5.13. The molecular formula is C28H26F6N8O5S. The van der Waals surface area contributed by atoms with E-state index in [1.165, 1.54) is 36.7 Å². The molecular weight excluding hydrogens is 674 g/mol. The van der Waals surface area contributed by atoms with Crippen LogP contribution in [0.5, 0.6) is 0 Å². The number of amides is 1. The number of carboxylic acid groups (broad SMARTS) is 1. The second-order valence-corrected chi connectivity index (χ2v) is 12.4. The lowest BCUT2D eigenvalue weighted by Crippen LogP contribution is -2.46. The Balaban J connectivity index is 0.000000804.